The Kier molecular flexibility index (Phi) is 6.74. The van der Waals surface area contributed by atoms with Gasteiger partial charge in [0, 0.05) is 17.3 Å². The van der Waals surface area contributed by atoms with Crippen LogP contribution in [-0.2, 0) is 11.0 Å². The highest BCUT2D eigenvalue weighted by molar-refractivity contribution is 6.53. The molecule has 1 saturated carbocycles. The van der Waals surface area contributed by atoms with Crippen molar-refractivity contribution in [2.24, 2.45) is 5.92 Å². The number of alkyl halides is 5. The highest BCUT2D eigenvalue weighted by Gasteiger charge is 2.67. The SMILES string of the molecule is O=C(Nc1ccc(F)cc1)c1cc(NC(=O)[C@@H]2[C@@H](c3ccc(C(F)(F)F)cc3)C2(Cl)Cl)ccc1Cl. The predicted molar refractivity (Wildman–Crippen MR) is 127 cm³/mol. The van der Waals surface area contributed by atoms with Crippen molar-refractivity contribution in [1.29, 1.82) is 0 Å². The van der Waals surface area contributed by atoms with Crippen molar-refractivity contribution in [3.05, 3.63) is 94.3 Å². The summed E-state index contributed by atoms with van der Waals surface area (Å²) in [4.78, 5) is 25.5. The van der Waals surface area contributed by atoms with E-state index in [2.05, 4.69) is 10.6 Å². The summed E-state index contributed by atoms with van der Waals surface area (Å²) in [6.07, 6.45) is -4.49. The van der Waals surface area contributed by atoms with E-state index >= 15 is 0 Å². The maximum absolute atomic E-state index is 13.1. The quantitative estimate of drug-likeness (QED) is 0.262. The topological polar surface area (TPSA) is 58.2 Å². The molecule has 4 rings (SSSR count). The minimum absolute atomic E-state index is 0.0480. The van der Waals surface area contributed by atoms with Crippen molar-refractivity contribution >= 4 is 58.0 Å². The molecule has 11 heteroatoms. The van der Waals surface area contributed by atoms with Crippen LogP contribution in [0.2, 0.25) is 5.02 Å². The molecular formula is C24H15Cl3F4N2O2. The van der Waals surface area contributed by atoms with Gasteiger partial charge in [-0.15, -0.1) is 23.2 Å². The Labute approximate surface area is 212 Å². The van der Waals surface area contributed by atoms with Gasteiger partial charge in [0.05, 0.1) is 22.1 Å². The largest absolute Gasteiger partial charge is 0.416 e. The summed E-state index contributed by atoms with van der Waals surface area (Å²) in [7, 11) is 0. The molecule has 0 aliphatic heterocycles. The van der Waals surface area contributed by atoms with Crippen LogP contribution >= 0.6 is 34.8 Å². The van der Waals surface area contributed by atoms with Crippen LogP contribution in [0.3, 0.4) is 0 Å². The van der Waals surface area contributed by atoms with Crippen LogP contribution < -0.4 is 10.6 Å². The lowest BCUT2D eigenvalue weighted by atomic mass is 10.1. The molecule has 1 aliphatic rings. The lowest BCUT2D eigenvalue weighted by Crippen LogP contribution is -2.18. The van der Waals surface area contributed by atoms with Crippen LogP contribution in [0.4, 0.5) is 28.9 Å². The monoisotopic (exact) mass is 544 g/mol. The number of hydrogen-bond donors (Lipinski definition) is 2. The van der Waals surface area contributed by atoms with Gasteiger partial charge in [0.2, 0.25) is 5.91 Å². The zero-order valence-electron chi connectivity index (χ0n) is 17.5. The fraction of sp³-hybridized carbons (Fsp3) is 0.167. The van der Waals surface area contributed by atoms with E-state index in [0.29, 0.717) is 11.3 Å². The molecule has 182 valence electrons. The average Bonchev–Trinajstić information content (AvgIpc) is 3.38. The van der Waals surface area contributed by atoms with Crippen LogP contribution in [0.1, 0.15) is 27.4 Å². The molecule has 0 bridgehead atoms. The van der Waals surface area contributed by atoms with E-state index in [4.69, 9.17) is 34.8 Å². The van der Waals surface area contributed by atoms with E-state index in [0.717, 1.165) is 12.1 Å². The van der Waals surface area contributed by atoms with Crippen molar-refractivity contribution in [2.75, 3.05) is 10.6 Å². The van der Waals surface area contributed by atoms with Gasteiger partial charge in [0.15, 0.2) is 0 Å². The van der Waals surface area contributed by atoms with Gasteiger partial charge in [-0.05, 0) is 60.2 Å². The fourth-order valence-electron chi connectivity index (χ4n) is 3.68. The molecule has 0 spiro atoms. The first-order valence-corrected chi connectivity index (χ1v) is 11.2. The van der Waals surface area contributed by atoms with Crippen LogP contribution in [0, 0.1) is 11.7 Å². The summed E-state index contributed by atoms with van der Waals surface area (Å²) < 4.78 is 50.0. The second-order valence-electron chi connectivity index (χ2n) is 7.89. The fourth-order valence-corrected chi connectivity index (χ4v) is 4.71. The number of amides is 2. The third-order valence-electron chi connectivity index (χ3n) is 5.51. The summed E-state index contributed by atoms with van der Waals surface area (Å²) in [6, 6.07) is 13.6. The minimum atomic E-state index is -4.49. The summed E-state index contributed by atoms with van der Waals surface area (Å²) in [5.41, 5.74) is 0.176. The number of anilines is 2. The number of benzene rings is 3. The van der Waals surface area contributed by atoms with Crippen molar-refractivity contribution in [1.82, 2.24) is 0 Å². The van der Waals surface area contributed by atoms with Crippen LogP contribution in [0.15, 0.2) is 66.7 Å². The molecule has 1 fully saturated rings. The molecule has 2 N–H and O–H groups in total. The van der Waals surface area contributed by atoms with E-state index < -0.39 is 45.5 Å². The summed E-state index contributed by atoms with van der Waals surface area (Å²) in [6.45, 7) is 0. The summed E-state index contributed by atoms with van der Waals surface area (Å²) in [5, 5.41) is 5.30. The van der Waals surface area contributed by atoms with E-state index in [1.54, 1.807) is 0 Å². The molecule has 2 amide bonds. The predicted octanol–water partition coefficient (Wildman–Crippen LogP) is 7.28. The molecule has 0 unspecified atom stereocenters. The molecule has 3 aromatic carbocycles. The van der Waals surface area contributed by atoms with Gasteiger partial charge in [-0.3, -0.25) is 9.59 Å². The molecule has 4 nitrogen and oxygen atoms in total. The minimum Gasteiger partial charge on any atom is -0.326 e. The molecular weight excluding hydrogens is 531 g/mol. The molecule has 1 aliphatic carbocycles. The van der Waals surface area contributed by atoms with Crippen LogP contribution in [0.25, 0.3) is 0 Å². The third-order valence-corrected chi connectivity index (χ3v) is 6.78. The number of nitrogens with one attached hydrogen (secondary N) is 2. The van der Waals surface area contributed by atoms with Crippen molar-refractivity contribution < 1.29 is 27.2 Å². The number of rotatable bonds is 5. The second-order valence-corrected chi connectivity index (χ2v) is 9.75. The smallest absolute Gasteiger partial charge is 0.326 e. The van der Waals surface area contributed by atoms with Gasteiger partial charge in [0.1, 0.15) is 10.2 Å². The molecule has 3 aromatic rings. The van der Waals surface area contributed by atoms with Gasteiger partial charge >= 0.3 is 6.18 Å². The third kappa shape index (κ3) is 5.39. The molecule has 2 atom stereocenters. The highest BCUT2D eigenvalue weighted by Crippen LogP contribution is 2.65. The van der Waals surface area contributed by atoms with Gasteiger partial charge in [-0.1, -0.05) is 23.7 Å². The van der Waals surface area contributed by atoms with E-state index in [-0.39, 0.29) is 16.3 Å². The first-order valence-electron chi connectivity index (χ1n) is 10.1. The van der Waals surface area contributed by atoms with Crippen molar-refractivity contribution in [3.8, 4) is 0 Å². The Morgan fingerprint density at radius 2 is 1.46 bits per heavy atom. The second kappa shape index (κ2) is 9.33. The molecule has 0 aromatic heterocycles. The Hall–Kier alpha value is -2.81. The number of halogens is 7. The van der Waals surface area contributed by atoms with Gasteiger partial charge in [-0.25, -0.2) is 4.39 Å². The Balaban J connectivity index is 1.48. The lowest BCUT2D eigenvalue weighted by molar-refractivity contribution is -0.137. The van der Waals surface area contributed by atoms with E-state index in [9.17, 15) is 27.2 Å². The highest BCUT2D eigenvalue weighted by atomic mass is 35.5. The summed E-state index contributed by atoms with van der Waals surface area (Å²) in [5.74, 6) is -3.28. The number of carbonyl (C=O) groups is 2. The maximum atomic E-state index is 13.1. The zero-order chi connectivity index (χ0) is 25.5. The lowest BCUT2D eigenvalue weighted by Gasteiger charge is -2.10. The Bertz CT molecular complexity index is 1280. The molecule has 0 radical (unpaired) electrons. The van der Waals surface area contributed by atoms with Gasteiger partial charge < -0.3 is 10.6 Å². The van der Waals surface area contributed by atoms with Crippen molar-refractivity contribution in [2.45, 2.75) is 16.4 Å². The van der Waals surface area contributed by atoms with E-state index in [1.807, 2.05) is 0 Å². The standard InChI is InChI=1S/C24H15Cl3F4N2O2/c25-18-10-9-16(11-17(18)21(34)32-15-7-5-14(28)6-8-15)33-22(35)20-19(23(20,26)27)12-1-3-13(4-2-12)24(29,30)31/h1-11,19-20H,(H,32,34)(H,33,35)/t19-,20+/m1/s1. The molecule has 35 heavy (non-hydrogen) atoms. The average molecular weight is 546 g/mol. The van der Waals surface area contributed by atoms with Crippen LogP contribution in [-0.4, -0.2) is 16.1 Å². The maximum Gasteiger partial charge on any atom is 0.416 e. The first-order chi connectivity index (χ1) is 16.4. The first kappa shape index (κ1) is 25.3. The Morgan fingerprint density at radius 3 is 2.06 bits per heavy atom. The summed E-state index contributed by atoms with van der Waals surface area (Å²) >= 11 is 18.7. The van der Waals surface area contributed by atoms with Crippen molar-refractivity contribution in [3.63, 3.8) is 0 Å². The van der Waals surface area contributed by atoms with Gasteiger partial charge in [0.25, 0.3) is 5.91 Å². The zero-order valence-corrected chi connectivity index (χ0v) is 19.7. The van der Waals surface area contributed by atoms with E-state index in [1.165, 1.54) is 54.6 Å². The normalized spacial score (nSPS) is 18.6. The van der Waals surface area contributed by atoms with Gasteiger partial charge in [-0.2, -0.15) is 13.2 Å². The Morgan fingerprint density at radius 1 is 0.857 bits per heavy atom. The van der Waals surface area contributed by atoms with Crippen LogP contribution in [0.5, 0.6) is 0 Å². The number of hydrogen-bond acceptors (Lipinski definition) is 2. The molecule has 0 heterocycles. The number of carbonyl (C=O) groups excluding carboxylic acids is 2. The molecule has 0 saturated heterocycles.